The van der Waals surface area contributed by atoms with Gasteiger partial charge in [-0.3, -0.25) is 0 Å². The number of hydrogen-bond acceptors (Lipinski definition) is 5. The van der Waals surface area contributed by atoms with Crippen LogP contribution in [0.2, 0.25) is 0 Å². The van der Waals surface area contributed by atoms with E-state index in [4.69, 9.17) is 4.42 Å². The van der Waals surface area contributed by atoms with Crippen molar-refractivity contribution in [3.63, 3.8) is 0 Å². The summed E-state index contributed by atoms with van der Waals surface area (Å²) in [5.41, 5.74) is -1.88. The van der Waals surface area contributed by atoms with E-state index >= 15 is 0 Å². The van der Waals surface area contributed by atoms with Gasteiger partial charge in [0.1, 0.15) is 5.54 Å². The highest BCUT2D eigenvalue weighted by Gasteiger charge is 2.64. The highest BCUT2D eigenvalue weighted by Crippen LogP contribution is 2.50. The monoisotopic (exact) mass is 250 g/mol. The smallest absolute Gasteiger partial charge is 0.406 e. The Bertz CT molecular complexity index is 399. The minimum atomic E-state index is -4.30. The van der Waals surface area contributed by atoms with Crippen LogP contribution in [0.4, 0.5) is 19.2 Å². The molecule has 0 saturated heterocycles. The molecule has 17 heavy (non-hydrogen) atoms. The lowest BCUT2D eigenvalue weighted by Gasteiger charge is -2.18. The summed E-state index contributed by atoms with van der Waals surface area (Å²) in [5, 5.41) is 12.4. The zero-order chi connectivity index (χ0) is 12.7. The van der Waals surface area contributed by atoms with Crippen LogP contribution in [0.25, 0.3) is 0 Å². The molecule has 96 valence electrons. The van der Waals surface area contributed by atoms with Gasteiger partial charge in [0, 0.05) is 0 Å². The second-order valence-corrected chi connectivity index (χ2v) is 4.16. The molecule has 1 fully saturated rings. The molecule has 0 aliphatic heterocycles. The van der Waals surface area contributed by atoms with Crippen LogP contribution in [0.5, 0.6) is 0 Å². The topological polar surface area (TPSA) is 63.0 Å². The molecule has 0 bridgehead atoms. The molecule has 0 aromatic carbocycles. The van der Waals surface area contributed by atoms with Crippen molar-refractivity contribution in [2.24, 2.45) is 0 Å². The Balaban J connectivity index is 2.08. The number of halogens is 3. The van der Waals surface area contributed by atoms with Crippen LogP contribution in [0, 0.1) is 0 Å². The van der Waals surface area contributed by atoms with Crippen molar-refractivity contribution < 1.29 is 17.6 Å². The zero-order valence-corrected chi connectivity index (χ0v) is 9.43. The highest BCUT2D eigenvalue weighted by molar-refractivity contribution is 5.32. The molecular weight excluding hydrogens is 237 g/mol. The van der Waals surface area contributed by atoms with E-state index in [9.17, 15) is 13.2 Å². The fourth-order valence-corrected chi connectivity index (χ4v) is 1.39. The molecule has 1 aliphatic rings. The van der Waals surface area contributed by atoms with Gasteiger partial charge in [-0.15, -0.1) is 5.10 Å². The van der Waals surface area contributed by atoms with Crippen molar-refractivity contribution in [2.75, 3.05) is 12.4 Å². The summed E-state index contributed by atoms with van der Waals surface area (Å²) in [6.07, 6.45) is -4.22. The second kappa shape index (κ2) is 3.86. The van der Waals surface area contributed by atoms with E-state index in [0.717, 1.165) is 0 Å². The third kappa shape index (κ3) is 2.21. The molecule has 8 heteroatoms. The van der Waals surface area contributed by atoms with Crippen LogP contribution < -0.4 is 10.6 Å². The SMILES string of the molecule is CNC(C)c1nnc(NC2(C(F)(F)F)CC2)o1. The molecule has 1 aromatic rings. The summed E-state index contributed by atoms with van der Waals surface area (Å²) < 4.78 is 43.1. The van der Waals surface area contributed by atoms with Crippen LogP contribution in [0.15, 0.2) is 4.42 Å². The molecule has 1 saturated carbocycles. The molecule has 0 radical (unpaired) electrons. The lowest BCUT2D eigenvalue weighted by molar-refractivity contribution is -0.151. The summed E-state index contributed by atoms with van der Waals surface area (Å²) >= 11 is 0. The van der Waals surface area contributed by atoms with Gasteiger partial charge in [0.2, 0.25) is 5.89 Å². The van der Waals surface area contributed by atoms with Crippen LogP contribution in [-0.4, -0.2) is 29.0 Å². The molecule has 1 heterocycles. The molecular formula is C9H13F3N4O. The predicted octanol–water partition coefficient (Wildman–Crippen LogP) is 1.86. The molecule has 0 spiro atoms. The van der Waals surface area contributed by atoms with Crippen LogP contribution in [-0.2, 0) is 0 Å². The molecule has 0 amide bonds. The van der Waals surface area contributed by atoms with Crippen molar-refractivity contribution in [1.29, 1.82) is 0 Å². The first kappa shape index (κ1) is 12.2. The molecule has 1 aromatic heterocycles. The summed E-state index contributed by atoms with van der Waals surface area (Å²) in [4.78, 5) is 0. The minimum Gasteiger partial charge on any atom is -0.406 e. The largest absolute Gasteiger partial charge is 0.411 e. The first-order valence-corrected chi connectivity index (χ1v) is 5.23. The Kier molecular flexibility index (Phi) is 2.76. The Morgan fingerprint density at radius 1 is 1.35 bits per heavy atom. The summed E-state index contributed by atoms with van der Waals surface area (Å²) in [5.74, 6) is 0.257. The Hall–Kier alpha value is -1.31. The Morgan fingerprint density at radius 2 is 2.00 bits per heavy atom. The number of anilines is 1. The molecule has 2 N–H and O–H groups in total. The van der Waals surface area contributed by atoms with Gasteiger partial charge in [0.15, 0.2) is 0 Å². The molecule has 2 rings (SSSR count). The Morgan fingerprint density at radius 3 is 2.47 bits per heavy atom. The van der Waals surface area contributed by atoms with E-state index in [1.165, 1.54) is 0 Å². The van der Waals surface area contributed by atoms with Crippen molar-refractivity contribution in [3.05, 3.63) is 5.89 Å². The second-order valence-electron chi connectivity index (χ2n) is 4.16. The molecule has 5 nitrogen and oxygen atoms in total. The third-order valence-corrected chi connectivity index (χ3v) is 2.88. The van der Waals surface area contributed by atoms with Crippen LogP contribution in [0.1, 0.15) is 31.7 Å². The van der Waals surface area contributed by atoms with E-state index in [-0.39, 0.29) is 30.8 Å². The standard InChI is InChI=1S/C9H13F3N4O/c1-5(13-2)6-15-16-7(17-6)14-8(3-4-8)9(10,11)12/h5,13H,3-4H2,1-2H3,(H,14,16). The highest BCUT2D eigenvalue weighted by atomic mass is 19.4. The van der Waals surface area contributed by atoms with Crippen molar-refractivity contribution in [3.8, 4) is 0 Å². The van der Waals surface area contributed by atoms with Gasteiger partial charge in [0.05, 0.1) is 6.04 Å². The number of rotatable bonds is 4. The van der Waals surface area contributed by atoms with Crippen molar-refractivity contribution in [2.45, 2.75) is 37.5 Å². The van der Waals surface area contributed by atoms with Gasteiger partial charge in [-0.1, -0.05) is 5.10 Å². The number of hydrogen-bond donors (Lipinski definition) is 2. The van der Waals surface area contributed by atoms with E-state index in [2.05, 4.69) is 20.8 Å². The zero-order valence-electron chi connectivity index (χ0n) is 9.43. The molecule has 1 atom stereocenters. The van der Waals surface area contributed by atoms with Crippen molar-refractivity contribution in [1.82, 2.24) is 15.5 Å². The summed E-state index contributed by atoms with van der Waals surface area (Å²) in [6.45, 7) is 1.77. The van der Waals surface area contributed by atoms with Gasteiger partial charge < -0.3 is 15.1 Å². The first-order valence-electron chi connectivity index (χ1n) is 5.23. The van der Waals surface area contributed by atoms with Crippen molar-refractivity contribution >= 4 is 6.01 Å². The summed E-state index contributed by atoms with van der Waals surface area (Å²) in [7, 11) is 1.69. The van der Waals surface area contributed by atoms with E-state index in [1.807, 2.05) is 0 Å². The first-order chi connectivity index (χ1) is 7.88. The van der Waals surface area contributed by atoms with Gasteiger partial charge in [0.25, 0.3) is 0 Å². The normalized spacial score (nSPS) is 20.1. The maximum Gasteiger partial charge on any atom is 0.411 e. The average molecular weight is 250 g/mol. The Labute approximate surface area is 95.8 Å². The predicted molar refractivity (Wildman–Crippen MR) is 53.4 cm³/mol. The van der Waals surface area contributed by atoms with Gasteiger partial charge in [-0.2, -0.15) is 13.2 Å². The van der Waals surface area contributed by atoms with E-state index < -0.39 is 11.7 Å². The van der Waals surface area contributed by atoms with E-state index in [0.29, 0.717) is 0 Å². The van der Waals surface area contributed by atoms with E-state index in [1.54, 1.807) is 14.0 Å². The fourth-order valence-electron chi connectivity index (χ4n) is 1.39. The molecule has 1 unspecified atom stereocenters. The van der Waals surface area contributed by atoms with Crippen LogP contribution >= 0.6 is 0 Å². The number of nitrogens with one attached hydrogen (secondary N) is 2. The van der Waals surface area contributed by atoms with Gasteiger partial charge in [-0.05, 0) is 26.8 Å². The quantitative estimate of drug-likeness (QED) is 0.854. The maximum atomic E-state index is 12.6. The lowest BCUT2D eigenvalue weighted by atomic mass is 10.3. The number of nitrogens with zero attached hydrogens (tertiary/aromatic N) is 2. The minimum absolute atomic E-state index is 0.0375. The third-order valence-electron chi connectivity index (χ3n) is 2.88. The summed E-state index contributed by atoms with van der Waals surface area (Å²) in [6, 6.07) is -0.379. The number of aromatic nitrogens is 2. The lowest BCUT2D eigenvalue weighted by Crippen LogP contribution is -2.38. The average Bonchev–Trinajstić information content (AvgIpc) is 2.89. The maximum absolute atomic E-state index is 12.6. The van der Waals surface area contributed by atoms with Crippen LogP contribution in [0.3, 0.4) is 0 Å². The fraction of sp³-hybridized carbons (Fsp3) is 0.778. The number of alkyl halides is 3. The van der Waals surface area contributed by atoms with Gasteiger partial charge in [-0.25, -0.2) is 0 Å². The van der Waals surface area contributed by atoms with Gasteiger partial charge >= 0.3 is 12.2 Å². The molecule has 1 aliphatic carbocycles.